The molecule has 1 atom stereocenters. The monoisotopic (exact) mass is 373 g/mol. The van der Waals surface area contributed by atoms with E-state index in [9.17, 15) is 9.90 Å². The molecule has 2 fully saturated rings. The van der Waals surface area contributed by atoms with Crippen LogP contribution in [-0.4, -0.2) is 54.1 Å². The van der Waals surface area contributed by atoms with Gasteiger partial charge in [0.2, 0.25) is 5.82 Å². The lowest BCUT2D eigenvalue weighted by molar-refractivity contribution is -0.137. The lowest BCUT2D eigenvalue weighted by atomic mass is 9.78. The molecule has 2 saturated heterocycles. The summed E-state index contributed by atoms with van der Waals surface area (Å²) in [6, 6.07) is 7.66. The standard InChI is InChI=1S/C19H23N3O5/c1-25-15-4-2-3-13(9-15)17-20-18(27-21-17)22-12-19(5-7-26-8-6-19)11-14(22)10-16(23)24/h2-4,9,14H,5-8,10-12H2,1H3,(H,23,24). The molecule has 8 nitrogen and oxygen atoms in total. The zero-order valence-corrected chi connectivity index (χ0v) is 15.3. The molecule has 1 aromatic heterocycles. The molecule has 3 heterocycles. The first kappa shape index (κ1) is 17.8. The molecule has 2 aromatic rings. The molecule has 8 heteroatoms. The van der Waals surface area contributed by atoms with Crippen LogP contribution < -0.4 is 9.64 Å². The van der Waals surface area contributed by atoms with Gasteiger partial charge in [0.1, 0.15) is 5.75 Å². The molecule has 144 valence electrons. The van der Waals surface area contributed by atoms with E-state index >= 15 is 0 Å². The summed E-state index contributed by atoms with van der Waals surface area (Å²) in [5.41, 5.74) is 0.849. The number of ether oxygens (including phenoxy) is 2. The number of aliphatic carboxylic acids is 1. The normalized spacial score (nSPS) is 21.5. The van der Waals surface area contributed by atoms with Gasteiger partial charge in [-0.1, -0.05) is 17.3 Å². The highest BCUT2D eigenvalue weighted by atomic mass is 16.5. The van der Waals surface area contributed by atoms with E-state index in [1.54, 1.807) is 7.11 Å². The van der Waals surface area contributed by atoms with Crippen LogP contribution in [0.3, 0.4) is 0 Å². The van der Waals surface area contributed by atoms with Gasteiger partial charge in [-0.25, -0.2) is 0 Å². The fourth-order valence-corrected chi connectivity index (χ4v) is 4.15. The number of methoxy groups -OCH3 is 1. The number of aromatic nitrogens is 2. The van der Waals surface area contributed by atoms with Crippen molar-refractivity contribution in [2.75, 3.05) is 31.8 Å². The largest absolute Gasteiger partial charge is 0.497 e. The number of hydrogen-bond donors (Lipinski definition) is 1. The molecule has 1 unspecified atom stereocenters. The molecule has 1 aromatic carbocycles. The number of nitrogens with zero attached hydrogens (tertiary/aromatic N) is 3. The third kappa shape index (κ3) is 3.62. The van der Waals surface area contributed by atoms with Gasteiger partial charge in [-0.2, -0.15) is 4.98 Å². The van der Waals surface area contributed by atoms with Gasteiger partial charge in [0.25, 0.3) is 0 Å². The average molecular weight is 373 g/mol. The fourth-order valence-electron chi connectivity index (χ4n) is 4.15. The Morgan fingerprint density at radius 2 is 2.22 bits per heavy atom. The van der Waals surface area contributed by atoms with Gasteiger partial charge < -0.3 is 24.0 Å². The van der Waals surface area contributed by atoms with Crippen LogP contribution in [-0.2, 0) is 9.53 Å². The highest BCUT2D eigenvalue weighted by Crippen LogP contribution is 2.45. The van der Waals surface area contributed by atoms with Gasteiger partial charge in [0.15, 0.2) is 0 Å². The summed E-state index contributed by atoms with van der Waals surface area (Å²) >= 11 is 0. The average Bonchev–Trinajstić information content (AvgIpc) is 3.27. The Labute approximate surface area is 157 Å². The molecule has 0 radical (unpaired) electrons. The Balaban J connectivity index is 1.60. The zero-order valence-electron chi connectivity index (χ0n) is 15.3. The summed E-state index contributed by atoms with van der Waals surface area (Å²) in [4.78, 5) is 17.9. The first-order valence-corrected chi connectivity index (χ1v) is 9.13. The van der Waals surface area contributed by atoms with Gasteiger partial charge in [-0.05, 0) is 36.8 Å². The summed E-state index contributed by atoms with van der Waals surface area (Å²) in [7, 11) is 1.61. The number of hydrogen-bond acceptors (Lipinski definition) is 7. The number of benzene rings is 1. The Bertz CT molecular complexity index is 815. The number of carboxylic acids is 1. The first-order chi connectivity index (χ1) is 13.1. The van der Waals surface area contributed by atoms with Crippen molar-refractivity contribution in [1.29, 1.82) is 0 Å². The maximum absolute atomic E-state index is 11.4. The van der Waals surface area contributed by atoms with Crippen molar-refractivity contribution in [3.8, 4) is 17.1 Å². The van der Waals surface area contributed by atoms with Crippen molar-refractivity contribution in [3.63, 3.8) is 0 Å². The van der Waals surface area contributed by atoms with Crippen molar-refractivity contribution in [2.24, 2.45) is 5.41 Å². The van der Waals surface area contributed by atoms with Crippen LogP contribution in [0.5, 0.6) is 5.75 Å². The van der Waals surface area contributed by atoms with Gasteiger partial charge in [0, 0.05) is 31.4 Å². The van der Waals surface area contributed by atoms with E-state index in [0.717, 1.165) is 24.8 Å². The molecule has 2 aliphatic heterocycles. The SMILES string of the molecule is COc1cccc(-c2noc(N3CC4(CCOCC4)CC3CC(=O)O)n2)c1. The quantitative estimate of drug-likeness (QED) is 0.854. The van der Waals surface area contributed by atoms with Crippen molar-refractivity contribution in [2.45, 2.75) is 31.7 Å². The smallest absolute Gasteiger partial charge is 0.324 e. The number of carboxylic acid groups (broad SMARTS) is 1. The minimum Gasteiger partial charge on any atom is -0.497 e. The van der Waals surface area contributed by atoms with Crippen LogP contribution in [0.2, 0.25) is 0 Å². The second-order valence-corrected chi connectivity index (χ2v) is 7.33. The second-order valence-electron chi connectivity index (χ2n) is 7.33. The molecule has 0 amide bonds. The van der Waals surface area contributed by atoms with Crippen molar-refractivity contribution in [3.05, 3.63) is 24.3 Å². The summed E-state index contributed by atoms with van der Waals surface area (Å²) in [5, 5.41) is 13.4. The van der Waals surface area contributed by atoms with Crippen LogP contribution in [0.15, 0.2) is 28.8 Å². The Morgan fingerprint density at radius 3 is 2.96 bits per heavy atom. The number of anilines is 1. The highest BCUT2D eigenvalue weighted by Gasteiger charge is 2.47. The molecule has 0 aliphatic carbocycles. The minimum absolute atomic E-state index is 0.0550. The Hall–Kier alpha value is -2.61. The van der Waals surface area contributed by atoms with Crippen molar-refractivity contribution < 1.29 is 23.9 Å². The van der Waals surface area contributed by atoms with E-state index in [2.05, 4.69) is 10.1 Å². The lowest BCUT2D eigenvalue weighted by Crippen LogP contribution is -2.34. The van der Waals surface area contributed by atoms with E-state index in [4.69, 9.17) is 14.0 Å². The predicted octanol–water partition coefficient (Wildman–Crippen LogP) is 2.60. The summed E-state index contributed by atoms with van der Waals surface area (Å²) in [6.45, 7) is 2.15. The molecule has 4 rings (SSSR count). The van der Waals surface area contributed by atoms with Crippen LogP contribution >= 0.6 is 0 Å². The number of rotatable bonds is 5. The highest BCUT2D eigenvalue weighted by molar-refractivity contribution is 5.68. The third-order valence-electron chi connectivity index (χ3n) is 5.57. The van der Waals surface area contributed by atoms with Crippen LogP contribution in [0, 0.1) is 5.41 Å². The summed E-state index contributed by atoms with van der Waals surface area (Å²) < 4.78 is 16.3. The van der Waals surface area contributed by atoms with Crippen LogP contribution in [0.25, 0.3) is 11.4 Å². The van der Waals surface area contributed by atoms with E-state index < -0.39 is 5.97 Å². The van der Waals surface area contributed by atoms with Gasteiger partial charge in [0.05, 0.1) is 13.5 Å². The van der Waals surface area contributed by atoms with Gasteiger partial charge >= 0.3 is 12.0 Å². The van der Waals surface area contributed by atoms with E-state index in [-0.39, 0.29) is 17.9 Å². The Morgan fingerprint density at radius 1 is 1.41 bits per heavy atom. The zero-order chi connectivity index (χ0) is 18.9. The third-order valence-corrected chi connectivity index (χ3v) is 5.57. The van der Waals surface area contributed by atoms with Crippen LogP contribution in [0.1, 0.15) is 25.7 Å². The topological polar surface area (TPSA) is 97.9 Å². The molecule has 2 aliphatic rings. The maximum atomic E-state index is 11.4. The van der Waals surface area contributed by atoms with Gasteiger partial charge in [-0.3, -0.25) is 4.79 Å². The summed E-state index contributed by atoms with van der Waals surface area (Å²) in [5.74, 6) is 0.359. The van der Waals surface area contributed by atoms with Crippen molar-refractivity contribution >= 4 is 12.0 Å². The van der Waals surface area contributed by atoms with Gasteiger partial charge in [-0.15, -0.1) is 0 Å². The molecular formula is C19H23N3O5. The Kier molecular flexibility index (Phi) is 4.73. The van der Waals surface area contributed by atoms with E-state index in [0.29, 0.717) is 37.3 Å². The molecule has 0 saturated carbocycles. The van der Waals surface area contributed by atoms with E-state index in [1.807, 2.05) is 29.2 Å². The lowest BCUT2D eigenvalue weighted by Gasteiger charge is -2.32. The summed E-state index contributed by atoms with van der Waals surface area (Å²) in [6.07, 6.45) is 2.71. The van der Waals surface area contributed by atoms with E-state index in [1.165, 1.54) is 0 Å². The fraction of sp³-hybridized carbons (Fsp3) is 0.526. The molecule has 27 heavy (non-hydrogen) atoms. The van der Waals surface area contributed by atoms with Crippen LogP contribution in [0.4, 0.5) is 6.01 Å². The second kappa shape index (κ2) is 7.19. The molecule has 1 N–H and O–H groups in total. The van der Waals surface area contributed by atoms with Crippen molar-refractivity contribution in [1.82, 2.24) is 10.1 Å². The molecular weight excluding hydrogens is 350 g/mol. The first-order valence-electron chi connectivity index (χ1n) is 9.13. The predicted molar refractivity (Wildman–Crippen MR) is 96.8 cm³/mol. The molecule has 0 bridgehead atoms. The molecule has 1 spiro atoms. The number of carbonyl (C=O) groups is 1. The maximum Gasteiger partial charge on any atom is 0.324 e. The minimum atomic E-state index is -0.818.